The molecule has 0 aromatic rings. The van der Waals surface area contributed by atoms with E-state index in [1.807, 2.05) is 6.92 Å². The van der Waals surface area contributed by atoms with Gasteiger partial charge in [0.05, 0.1) is 0 Å². The molecule has 0 heterocycles. The zero-order valence-corrected chi connectivity index (χ0v) is 9.05. The first-order valence-corrected chi connectivity index (χ1v) is 4.96. The number of carboxylic acid groups (broad SMARTS) is 1. The molecule has 13 heavy (non-hydrogen) atoms. The third kappa shape index (κ3) is 24.6. The van der Waals surface area contributed by atoms with Gasteiger partial charge < -0.3 is 10.8 Å². The fraction of sp³-hybridized carbons (Fsp3) is 0.900. The minimum atomic E-state index is -0.693. The standard InChI is InChI=1S/C5H13N.C5H10O2/c1-5(2)3-4-6;1-2-3-4-5(6)7/h5H,3-4,6H2,1-2H3;2-4H2,1H3,(H,6,7). The maximum absolute atomic E-state index is 9.76. The second-order valence-corrected chi connectivity index (χ2v) is 3.47. The van der Waals surface area contributed by atoms with Gasteiger partial charge >= 0.3 is 5.97 Å². The molecular weight excluding hydrogens is 166 g/mol. The fourth-order valence-corrected chi connectivity index (χ4v) is 0.661. The lowest BCUT2D eigenvalue weighted by Crippen LogP contribution is -2.01. The van der Waals surface area contributed by atoms with Gasteiger partial charge in [0, 0.05) is 6.42 Å². The van der Waals surface area contributed by atoms with Crippen molar-refractivity contribution in [3.63, 3.8) is 0 Å². The van der Waals surface area contributed by atoms with Crippen molar-refractivity contribution in [1.29, 1.82) is 0 Å². The van der Waals surface area contributed by atoms with E-state index in [1.54, 1.807) is 0 Å². The Balaban J connectivity index is 0. The van der Waals surface area contributed by atoms with Crippen LogP contribution in [0.15, 0.2) is 0 Å². The molecule has 0 spiro atoms. The van der Waals surface area contributed by atoms with Crippen LogP contribution in [0.5, 0.6) is 0 Å². The predicted molar refractivity (Wildman–Crippen MR) is 55.7 cm³/mol. The van der Waals surface area contributed by atoms with Gasteiger partial charge in [-0.15, -0.1) is 0 Å². The zero-order valence-electron chi connectivity index (χ0n) is 9.05. The highest BCUT2D eigenvalue weighted by Crippen LogP contribution is 1.93. The van der Waals surface area contributed by atoms with Crippen LogP contribution in [0.4, 0.5) is 0 Å². The van der Waals surface area contributed by atoms with Crippen molar-refractivity contribution in [3.05, 3.63) is 0 Å². The third-order valence-electron chi connectivity index (χ3n) is 1.49. The zero-order chi connectivity index (χ0) is 10.7. The van der Waals surface area contributed by atoms with E-state index >= 15 is 0 Å². The van der Waals surface area contributed by atoms with Crippen LogP contribution < -0.4 is 5.73 Å². The minimum absolute atomic E-state index is 0.316. The van der Waals surface area contributed by atoms with Gasteiger partial charge in [-0.25, -0.2) is 0 Å². The number of rotatable bonds is 5. The molecule has 0 aliphatic rings. The number of carboxylic acids is 1. The molecular formula is C10H23NO2. The Kier molecular flexibility index (Phi) is 13.1. The maximum Gasteiger partial charge on any atom is 0.303 e. The van der Waals surface area contributed by atoms with Crippen LogP contribution in [0, 0.1) is 5.92 Å². The van der Waals surface area contributed by atoms with Crippen molar-refractivity contribution in [2.24, 2.45) is 11.7 Å². The van der Waals surface area contributed by atoms with Gasteiger partial charge in [0.2, 0.25) is 0 Å². The smallest absolute Gasteiger partial charge is 0.303 e. The summed E-state index contributed by atoms with van der Waals surface area (Å²) in [5.74, 6) is 0.0804. The summed E-state index contributed by atoms with van der Waals surface area (Å²) in [6.45, 7) is 7.15. The molecule has 3 heteroatoms. The number of unbranched alkanes of at least 4 members (excludes halogenated alkanes) is 1. The van der Waals surface area contributed by atoms with E-state index in [1.165, 1.54) is 0 Å². The molecule has 0 rings (SSSR count). The lowest BCUT2D eigenvalue weighted by molar-refractivity contribution is -0.137. The van der Waals surface area contributed by atoms with Crippen molar-refractivity contribution >= 4 is 5.97 Å². The quantitative estimate of drug-likeness (QED) is 0.697. The molecule has 0 aliphatic heterocycles. The first-order chi connectivity index (χ1) is 6.04. The predicted octanol–water partition coefficient (Wildman–Crippen LogP) is 2.25. The molecule has 0 aromatic heterocycles. The molecule has 3 nitrogen and oxygen atoms in total. The first-order valence-electron chi connectivity index (χ1n) is 4.96. The average Bonchev–Trinajstić information content (AvgIpc) is 2.01. The third-order valence-corrected chi connectivity index (χ3v) is 1.49. The van der Waals surface area contributed by atoms with Gasteiger partial charge in [0.1, 0.15) is 0 Å². The van der Waals surface area contributed by atoms with Crippen LogP contribution in [0.1, 0.15) is 46.5 Å². The van der Waals surface area contributed by atoms with Gasteiger partial charge in [-0.1, -0.05) is 27.2 Å². The van der Waals surface area contributed by atoms with Crippen LogP contribution in [0.2, 0.25) is 0 Å². The number of carbonyl (C=O) groups is 1. The van der Waals surface area contributed by atoms with Crippen LogP contribution in [0.25, 0.3) is 0 Å². The van der Waals surface area contributed by atoms with Crippen LogP contribution in [-0.2, 0) is 4.79 Å². The van der Waals surface area contributed by atoms with Crippen LogP contribution in [0.3, 0.4) is 0 Å². The van der Waals surface area contributed by atoms with E-state index in [9.17, 15) is 4.79 Å². The van der Waals surface area contributed by atoms with Gasteiger partial charge in [0.15, 0.2) is 0 Å². The molecule has 0 radical (unpaired) electrons. The van der Waals surface area contributed by atoms with E-state index in [4.69, 9.17) is 10.8 Å². The molecule has 0 saturated heterocycles. The molecule has 0 fully saturated rings. The molecule has 80 valence electrons. The second kappa shape index (κ2) is 11.4. The molecule has 0 aliphatic carbocycles. The fourth-order valence-electron chi connectivity index (χ4n) is 0.661. The Morgan fingerprint density at radius 1 is 1.46 bits per heavy atom. The Labute approximate surface area is 81.3 Å². The van der Waals surface area contributed by atoms with Crippen molar-refractivity contribution in [2.75, 3.05) is 6.54 Å². The van der Waals surface area contributed by atoms with E-state index in [0.29, 0.717) is 6.42 Å². The lowest BCUT2D eigenvalue weighted by atomic mass is 10.1. The largest absolute Gasteiger partial charge is 0.481 e. The molecule has 0 atom stereocenters. The van der Waals surface area contributed by atoms with Gasteiger partial charge in [-0.2, -0.15) is 0 Å². The number of nitrogens with two attached hydrogens (primary N) is 1. The van der Waals surface area contributed by atoms with E-state index in [0.717, 1.165) is 31.7 Å². The summed E-state index contributed by atoms with van der Waals surface area (Å²) in [7, 11) is 0. The summed E-state index contributed by atoms with van der Waals surface area (Å²) in [6.07, 6.45) is 3.23. The average molecular weight is 189 g/mol. The van der Waals surface area contributed by atoms with E-state index < -0.39 is 5.97 Å². The maximum atomic E-state index is 9.76. The SMILES string of the molecule is CC(C)CCN.CCCCC(=O)O. The van der Waals surface area contributed by atoms with Crippen molar-refractivity contribution < 1.29 is 9.90 Å². The number of hydrogen-bond donors (Lipinski definition) is 2. The van der Waals surface area contributed by atoms with E-state index in [2.05, 4.69) is 13.8 Å². The highest BCUT2D eigenvalue weighted by molar-refractivity contribution is 5.66. The minimum Gasteiger partial charge on any atom is -0.481 e. The summed E-state index contributed by atoms with van der Waals surface area (Å²) < 4.78 is 0. The van der Waals surface area contributed by atoms with Crippen LogP contribution in [-0.4, -0.2) is 17.6 Å². The van der Waals surface area contributed by atoms with Gasteiger partial charge in [-0.05, 0) is 25.3 Å². The summed E-state index contributed by atoms with van der Waals surface area (Å²) in [5, 5.41) is 8.04. The summed E-state index contributed by atoms with van der Waals surface area (Å²) in [5.41, 5.74) is 5.23. The van der Waals surface area contributed by atoms with Crippen molar-refractivity contribution in [1.82, 2.24) is 0 Å². The molecule has 3 N–H and O–H groups in total. The monoisotopic (exact) mass is 189 g/mol. The first kappa shape index (κ1) is 14.9. The summed E-state index contributed by atoms with van der Waals surface area (Å²) in [6, 6.07) is 0. The van der Waals surface area contributed by atoms with Gasteiger partial charge in [-0.3, -0.25) is 4.79 Å². The topological polar surface area (TPSA) is 63.3 Å². The van der Waals surface area contributed by atoms with Crippen molar-refractivity contribution in [2.45, 2.75) is 46.5 Å². The highest BCUT2D eigenvalue weighted by atomic mass is 16.4. The Bertz CT molecular complexity index is 113. The molecule has 0 bridgehead atoms. The van der Waals surface area contributed by atoms with Crippen molar-refractivity contribution in [3.8, 4) is 0 Å². The normalized spacial score (nSPS) is 9.31. The van der Waals surface area contributed by atoms with Crippen LogP contribution >= 0.6 is 0 Å². The lowest BCUT2D eigenvalue weighted by Gasteiger charge is -1.96. The summed E-state index contributed by atoms with van der Waals surface area (Å²) in [4.78, 5) is 9.76. The molecule has 0 unspecified atom stereocenters. The Hall–Kier alpha value is -0.570. The van der Waals surface area contributed by atoms with Gasteiger partial charge in [0.25, 0.3) is 0 Å². The molecule has 0 amide bonds. The highest BCUT2D eigenvalue weighted by Gasteiger charge is 1.90. The summed E-state index contributed by atoms with van der Waals surface area (Å²) >= 11 is 0. The Morgan fingerprint density at radius 3 is 2.08 bits per heavy atom. The molecule has 0 aromatic carbocycles. The molecule has 0 saturated carbocycles. The number of hydrogen-bond acceptors (Lipinski definition) is 2. The second-order valence-electron chi connectivity index (χ2n) is 3.47. The number of aliphatic carboxylic acids is 1. The van der Waals surface area contributed by atoms with E-state index in [-0.39, 0.29) is 0 Å². The Morgan fingerprint density at radius 2 is 2.00 bits per heavy atom.